The van der Waals surface area contributed by atoms with Crippen molar-refractivity contribution < 1.29 is 0 Å². The second-order valence-electron chi connectivity index (χ2n) is 3.27. The van der Waals surface area contributed by atoms with Gasteiger partial charge in [0.25, 0.3) is 0 Å². The summed E-state index contributed by atoms with van der Waals surface area (Å²) in [6.07, 6.45) is 0. The van der Waals surface area contributed by atoms with Gasteiger partial charge in [-0.1, -0.05) is 12.2 Å². The third-order valence-electron chi connectivity index (χ3n) is 1.57. The number of H-pyrrole nitrogens is 1. The van der Waals surface area contributed by atoms with E-state index >= 15 is 0 Å². The molecule has 1 N–H and O–H groups in total. The minimum absolute atomic E-state index is 0.631. The van der Waals surface area contributed by atoms with Crippen molar-refractivity contribution in [1.82, 2.24) is 14.8 Å². The van der Waals surface area contributed by atoms with Gasteiger partial charge in [-0.3, -0.25) is 4.57 Å². The summed E-state index contributed by atoms with van der Waals surface area (Å²) in [5, 5.41) is 6.86. The molecule has 13 heavy (non-hydrogen) atoms. The predicted octanol–water partition coefficient (Wildman–Crippen LogP) is 1.58. The first-order valence-corrected chi connectivity index (χ1v) is 4.40. The van der Waals surface area contributed by atoms with Gasteiger partial charge in [-0.2, -0.15) is 0 Å². The Labute approximate surface area is 82.9 Å². The minimum Gasteiger partial charge on any atom is -0.347 e. The zero-order valence-corrected chi connectivity index (χ0v) is 8.98. The summed E-state index contributed by atoms with van der Waals surface area (Å²) < 4.78 is 2.55. The highest BCUT2D eigenvalue weighted by Crippen LogP contribution is 2.09. The van der Waals surface area contributed by atoms with Crippen molar-refractivity contribution in [2.75, 3.05) is 19.0 Å². The molecule has 0 bridgehead atoms. The Kier molecular flexibility index (Phi) is 2.87. The van der Waals surface area contributed by atoms with Gasteiger partial charge in [-0.05, 0) is 19.1 Å². The van der Waals surface area contributed by atoms with E-state index in [9.17, 15) is 0 Å². The maximum atomic E-state index is 5.09. The van der Waals surface area contributed by atoms with E-state index in [1.807, 2.05) is 30.5 Å². The van der Waals surface area contributed by atoms with Gasteiger partial charge in [0.15, 0.2) is 4.77 Å². The molecule has 72 valence electrons. The van der Waals surface area contributed by atoms with Gasteiger partial charge in [-0.25, -0.2) is 5.10 Å². The summed E-state index contributed by atoms with van der Waals surface area (Å²) in [7, 11) is 3.86. The molecular weight excluding hydrogens is 184 g/mol. The third-order valence-corrected chi connectivity index (χ3v) is 1.88. The predicted molar refractivity (Wildman–Crippen MR) is 56.6 cm³/mol. The second-order valence-corrected chi connectivity index (χ2v) is 3.65. The van der Waals surface area contributed by atoms with E-state index in [1.54, 1.807) is 0 Å². The Hall–Kier alpha value is -1.10. The van der Waals surface area contributed by atoms with Crippen molar-refractivity contribution in [2.45, 2.75) is 13.5 Å². The number of rotatable bonds is 3. The van der Waals surface area contributed by atoms with Crippen LogP contribution in [0.4, 0.5) is 5.95 Å². The molecule has 1 aromatic heterocycles. The molecule has 1 aromatic rings. The molecule has 0 atom stereocenters. The van der Waals surface area contributed by atoms with Crippen LogP contribution in [0.15, 0.2) is 12.2 Å². The van der Waals surface area contributed by atoms with Crippen LogP contribution in [0, 0.1) is 4.77 Å². The lowest BCUT2D eigenvalue weighted by Crippen LogP contribution is -2.15. The summed E-state index contributed by atoms with van der Waals surface area (Å²) in [6, 6.07) is 0. The topological polar surface area (TPSA) is 36.9 Å². The van der Waals surface area contributed by atoms with Crippen LogP contribution in [0.25, 0.3) is 0 Å². The molecule has 0 saturated heterocycles. The van der Waals surface area contributed by atoms with Crippen molar-refractivity contribution in [3.05, 3.63) is 16.9 Å². The Morgan fingerprint density at radius 1 is 1.69 bits per heavy atom. The fourth-order valence-corrected chi connectivity index (χ4v) is 1.26. The number of aromatic amines is 1. The fraction of sp³-hybridized carbons (Fsp3) is 0.500. The first-order valence-electron chi connectivity index (χ1n) is 3.99. The summed E-state index contributed by atoms with van der Waals surface area (Å²) in [4.78, 5) is 1.91. The van der Waals surface area contributed by atoms with E-state index in [0.29, 0.717) is 11.3 Å². The fourth-order valence-electron chi connectivity index (χ4n) is 1.06. The Bertz CT molecular complexity index is 360. The molecule has 0 aliphatic rings. The van der Waals surface area contributed by atoms with Gasteiger partial charge in [0.2, 0.25) is 5.95 Å². The standard InChI is InChI=1S/C8H14N4S/c1-6(2)5-12-7(11(3)4)9-10-8(12)13/h1,5H2,2-4H3,(H,10,13). The third kappa shape index (κ3) is 2.18. The highest BCUT2D eigenvalue weighted by Gasteiger charge is 2.06. The SMILES string of the molecule is C=C(C)Cn1c(N(C)C)n[nH]c1=S. The maximum absolute atomic E-state index is 5.09. The van der Waals surface area contributed by atoms with E-state index < -0.39 is 0 Å². The van der Waals surface area contributed by atoms with Crippen molar-refractivity contribution in [3.63, 3.8) is 0 Å². The zero-order valence-electron chi connectivity index (χ0n) is 8.16. The largest absolute Gasteiger partial charge is 0.347 e. The maximum Gasteiger partial charge on any atom is 0.225 e. The lowest BCUT2D eigenvalue weighted by Gasteiger charge is -2.12. The van der Waals surface area contributed by atoms with E-state index in [-0.39, 0.29) is 0 Å². The minimum atomic E-state index is 0.631. The van der Waals surface area contributed by atoms with Gasteiger partial charge >= 0.3 is 0 Å². The van der Waals surface area contributed by atoms with Gasteiger partial charge in [0, 0.05) is 20.6 Å². The molecule has 0 spiro atoms. The molecule has 1 rings (SSSR count). The number of allylic oxidation sites excluding steroid dienone is 1. The Morgan fingerprint density at radius 3 is 2.77 bits per heavy atom. The molecule has 1 heterocycles. The molecule has 0 saturated carbocycles. The molecule has 4 nitrogen and oxygen atoms in total. The average Bonchev–Trinajstić information content (AvgIpc) is 2.32. The van der Waals surface area contributed by atoms with Gasteiger partial charge in [-0.15, -0.1) is 5.10 Å². The van der Waals surface area contributed by atoms with E-state index in [0.717, 1.165) is 11.5 Å². The molecule has 0 amide bonds. The normalized spacial score (nSPS) is 10.1. The number of nitrogens with zero attached hydrogens (tertiary/aromatic N) is 3. The Morgan fingerprint density at radius 2 is 2.31 bits per heavy atom. The number of hydrogen-bond donors (Lipinski definition) is 1. The van der Waals surface area contributed by atoms with Crippen molar-refractivity contribution in [3.8, 4) is 0 Å². The van der Waals surface area contributed by atoms with Gasteiger partial charge in [0.05, 0.1) is 0 Å². The summed E-state index contributed by atoms with van der Waals surface area (Å²) in [5.74, 6) is 0.827. The first-order chi connectivity index (χ1) is 6.02. The van der Waals surface area contributed by atoms with Crippen LogP contribution >= 0.6 is 12.2 Å². The molecule has 0 aromatic carbocycles. The molecule has 0 fully saturated rings. The van der Waals surface area contributed by atoms with Crippen LogP contribution in [0.2, 0.25) is 0 Å². The average molecular weight is 198 g/mol. The molecule has 5 heteroatoms. The monoisotopic (exact) mass is 198 g/mol. The van der Waals surface area contributed by atoms with Crippen LogP contribution in [0.3, 0.4) is 0 Å². The molecule has 0 unspecified atom stereocenters. The molecule has 0 aliphatic heterocycles. The second kappa shape index (κ2) is 3.74. The van der Waals surface area contributed by atoms with E-state index in [2.05, 4.69) is 16.8 Å². The van der Waals surface area contributed by atoms with Crippen LogP contribution in [0.1, 0.15) is 6.92 Å². The highest BCUT2D eigenvalue weighted by molar-refractivity contribution is 7.71. The van der Waals surface area contributed by atoms with E-state index in [4.69, 9.17) is 12.2 Å². The van der Waals surface area contributed by atoms with Crippen LogP contribution < -0.4 is 4.90 Å². The number of nitrogens with one attached hydrogen (secondary N) is 1. The highest BCUT2D eigenvalue weighted by atomic mass is 32.1. The molecule has 0 radical (unpaired) electrons. The number of hydrogen-bond acceptors (Lipinski definition) is 3. The summed E-state index contributed by atoms with van der Waals surface area (Å²) in [6.45, 7) is 6.52. The molecular formula is C8H14N4S. The van der Waals surface area contributed by atoms with Crippen molar-refractivity contribution in [2.24, 2.45) is 0 Å². The number of anilines is 1. The van der Waals surface area contributed by atoms with Crippen LogP contribution in [-0.4, -0.2) is 28.9 Å². The Balaban J connectivity index is 3.09. The lowest BCUT2D eigenvalue weighted by atomic mass is 10.3. The summed E-state index contributed by atoms with van der Waals surface area (Å²) >= 11 is 5.09. The first kappa shape index (κ1) is 9.98. The van der Waals surface area contributed by atoms with E-state index in [1.165, 1.54) is 0 Å². The van der Waals surface area contributed by atoms with Crippen molar-refractivity contribution in [1.29, 1.82) is 0 Å². The van der Waals surface area contributed by atoms with Gasteiger partial charge < -0.3 is 4.90 Å². The number of aromatic nitrogens is 3. The molecule has 0 aliphatic carbocycles. The lowest BCUT2D eigenvalue weighted by molar-refractivity contribution is 0.757. The van der Waals surface area contributed by atoms with Gasteiger partial charge in [0.1, 0.15) is 0 Å². The van der Waals surface area contributed by atoms with Crippen LogP contribution in [0.5, 0.6) is 0 Å². The quantitative estimate of drug-likeness (QED) is 0.592. The zero-order chi connectivity index (χ0) is 10.0. The van der Waals surface area contributed by atoms with Crippen LogP contribution in [-0.2, 0) is 6.54 Å². The summed E-state index contributed by atoms with van der Waals surface area (Å²) in [5.41, 5.74) is 1.06. The van der Waals surface area contributed by atoms with Crippen molar-refractivity contribution >= 4 is 18.2 Å². The smallest absolute Gasteiger partial charge is 0.225 e.